The monoisotopic (exact) mass is 552 g/mol. The van der Waals surface area contributed by atoms with Crippen molar-refractivity contribution in [3.8, 4) is 0 Å². The number of rotatable bonds is 9. The van der Waals surface area contributed by atoms with Gasteiger partial charge in [0.05, 0.1) is 12.5 Å². The Morgan fingerprint density at radius 2 is 2.03 bits per heavy atom. The Morgan fingerprint density at radius 3 is 2.60 bits per heavy atom. The number of carbonyl (C=O) groups is 1. The number of aromatic nitrogens is 3. The van der Waals surface area contributed by atoms with Gasteiger partial charge in [-0.2, -0.15) is 0 Å². The molecule has 1 aromatic rings. The largest absolute Gasteiger partial charge is 0.466 e. The third kappa shape index (κ3) is 7.90. The summed E-state index contributed by atoms with van der Waals surface area (Å²) in [6.45, 7) is 10.1. The van der Waals surface area contributed by atoms with Crippen LogP contribution in [-0.4, -0.2) is 71.1 Å². The molecule has 1 saturated heterocycles. The highest BCUT2D eigenvalue weighted by Gasteiger charge is 2.27. The number of ether oxygens (including phenoxy) is 1. The summed E-state index contributed by atoms with van der Waals surface area (Å²) in [6.07, 6.45) is 5.52. The second kappa shape index (κ2) is 14.1. The van der Waals surface area contributed by atoms with Crippen LogP contribution in [0.5, 0.6) is 0 Å². The standard InChI is InChI=1S/C20H36N6O2S.HI/c1-6-28-18(27)16-9-12-25(13-10-16)19(21-4)22-11-7-8-17-23-24-20(29-5)26(17)14-15(2)3;/h15-16H,6-14H2,1-5H3,(H,21,22);1H. The third-order valence-corrected chi connectivity index (χ3v) is 5.68. The second-order valence-corrected chi connectivity index (χ2v) is 8.47. The normalized spacial score (nSPS) is 15.3. The zero-order chi connectivity index (χ0) is 21.2. The number of carbonyl (C=O) groups excluding carboxylic acids is 1. The van der Waals surface area contributed by atoms with Gasteiger partial charge in [0.15, 0.2) is 11.1 Å². The number of thioether (sulfide) groups is 1. The lowest BCUT2D eigenvalue weighted by atomic mass is 9.97. The third-order valence-electron chi connectivity index (χ3n) is 5.01. The predicted octanol–water partition coefficient (Wildman–Crippen LogP) is 3.06. The number of aliphatic imine (C=N–C) groups is 1. The minimum Gasteiger partial charge on any atom is -0.466 e. The summed E-state index contributed by atoms with van der Waals surface area (Å²) in [5, 5.41) is 13.1. The predicted molar refractivity (Wildman–Crippen MR) is 133 cm³/mol. The van der Waals surface area contributed by atoms with Crippen molar-refractivity contribution in [3.05, 3.63) is 5.82 Å². The number of nitrogens with one attached hydrogen (secondary N) is 1. The first-order valence-electron chi connectivity index (χ1n) is 10.6. The molecule has 1 aromatic heterocycles. The van der Waals surface area contributed by atoms with Crippen molar-refractivity contribution < 1.29 is 9.53 Å². The number of esters is 1. The summed E-state index contributed by atoms with van der Waals surface area (Å²) in [4.78, 5) is 18.5. The fourth-order valence-electron chi connectivity index (χ4n) is 3.57. The first-order valence-corrected chi connectivity index (χ1v) is 11.8. The van der Waals surface area contributed by atoms with Gasteiger partial charge in [0, 0.05) is 39.6 Å². The zero-order valence-corrected chi connectivity index (χ0v) is 22.0. The maximum atomic E-state index is 11.9. The summed E-state index contributed by atoms with van der Waals surface area (Å²) < 4.78 is 7.39. The van der Waals surface area contributed by atoms with Gasteiger partial charge < -0.3 is 19.5 Å². The van der Waals surface area contributed by atoms with E-state index < -0.39 is 0 Å². The van der Waals surface area contributed by atoms with Crippen LogP contribution in [-0.2, 0) is 22.5 Å². The molecule has 0 aromatic carbocycles. The Bertz CT molecular complexity index is 674. The van der Waals surface area contributed by atoms with E-state index in [1.54, 1.807) is 11.8 Å². The molecule has 0 unspecified atom stereocenters. The first kappa shape index (κ1) is 27.0. The number of nitrogens with zero attached hydrogens (tertiary/aromatic N) is 5. The van der Waals surface area contributed by atoms with Gasteiger partial charge in [-0.3, -0.25) is 9.79 Å². The lowest BCUT2D eigenvalue weighted by Gasteiger charge is -2.33. The summed E-state index contributed by atoms with van der Waals surface area (Å²) in [7, 11) is 1.81. The van der Waals surface area contributed by atoms with Crippen LogP contribution in [0.25, 0.3) is 0 Å². The molecule has 8 nitrogen and oxygen atoms in total. The molecule has 2 rings (SSSR count). The van der Waals surface area contributed by atoms with Crippen LogP contribution in [0.4, 0.5) is 0 Å². The van der Waals surface area contributed by atoms with Crippen molar-refractivity contribution in [1.82, 2.24) is 25.0 Å². The highest BCUT2D eigenvalue weighted by atomic mass is 127. The van der Waals surface area contributed by atoms with E-state index >= 15 is 0 Å². The molecule has 0 bridgehead atoms. The molecule has 30 heavy (non-hydrogen) atoms. The Morgan fingerprint density at radius 1 is 1.33 bits per heavy atom. The highest BCUT2D eigenvalue weighted by molar-refractivity contribution is 14.0. The van der Waals surface area contributed by atoms with Crippen molar-refractivity contribution in [3.63, 3.8) is 0 Å². The van der Waals surface area contributed by atoms with Gasteiger partial charge in [0.1, 0.15) is 5.82 Å². The van der Waals surface area contributed by atoms with Crippen LogP contribution < -0.4 is 5.32 Å². The number of hydrogen-bond acceptors (Lipinski definition) is 6. The molecular formula is C20H37IN6O2S. The van der Waals surface area contributed by atoms with Crippen molar-refractivity contribution in [2.75, 3.05) is 39.5 Å². The van der Waals surface area contributed by atoms with Crippen LogP contribution in [0.2, 0.25) is 0 Å². The molecule has 0 radical (unpaired) electrons. The minimum absolute atomic E-state index is 0. The van der Waals surface area contributed by atoms with Crippen molar-refractivity contribution >= 4 is 47.7 Å². The van der Waals surface area contributed by atoms with E-state index in [-0.39, 0.29) is 35.9 Å². The lowest BCUT2D eigenvalue weighted by Crippen LogP contribution is -2.47. The summed E-state index contributed by atoms with van der Waals surface area (Å²) in [5.41, 5.74) is 0. The van der Waals surface area contributed by atoms with E-state index in [2.05, 4.69) is 43.8 Å². The van der Waals surface area contributed by atoms with Crippen LogP contribution >= 0.6 is 35.7 Å². The summed E-state index contributed by atoms with van der Waals surface area (Å²) in [6, 6.07) is 0. The Hall–Kier alpha value is -1.04. The second-order valence-electron chi connectivity index (χ2n) is 7.70. The number of piperidine rings is 1. The van der Waals surface area contributed by atoms with Gasteiger partial charge in [-0.05, 0) is 38.4 Å². The summed E-state index contributed by atoms with van der Waals surface area (Å²) in [5.74, 6) is 2.47. The first-order chi connectivity index (χ1) is 14.0. The van der Waals surface area contributed by atoms with E-state index in [1.807, 2.05) is 20.2 Å². The highest BCUT2D eigenvalue weighted by Crippen LogP contribution is 2.19. The maximum absolute atomic E-state index is 11.9. The van der Waals surface area contributed by atoms with E-state index in [4.69, 9.17) is 4.74 Å². The van der Waals surface area contributed by atoms with Crippen LogP contribution in [0, 0.1) is 11.8 Å². The Labute approximate surface area is 202 Å². The quantitative estimate of drug-likeness (QED) is 0.126. The molecule has 10 heteroatoms. The van der Waals surface area contributed by atoms with E-state index in [9.17, 15) is 4.79 Å². The van der Waals surface area contributed by atoms with Crippen LogP contribution in [0.3, 0.4) is 0 Å². The van der Waals surface area contributed by atoms with E-state index in [1.165, 1.54) is 0 Å². The van der Waals surface area contributed by atoms with Gasteiger partial charge in [0.25, 0.3) is 0 Å². The molecular weight excluding hydrogens is 515 g/mol. The van der Waals surface area contributed by atoms with Crippen molar-refractivity contribution in [2.45, 2.75) is 58.2 Å². The molecule has 2 heterocycles. The van der Waals surface area contributed by atoms with Crippen molar-refractivity contribution in [2.24, 2.45) is 16.8 Å². The fraction of sp³-hybridized carbons (Fsp3) is 0.800. The van der Waals surface area contributed by atoms with Gasteiger partial charge in [-0.15, -0.1) is 34.2 Å². The van der Waals surface area contributed by atoms with Gasteiger partial charge in [-0.25, -0.2) is 0 Å². The molecule has 1 aliphatic rings. The average molecular weight is 553 g/mol. The average Bonchev–Trinajstić information content (AvgIpc) is 3.09. The van der Waals surface area contributed by atoms with Crippen LogP contribution in [0.15, 0.2) is 10.1 Å². The molecule has 0 spiro atoms. The number of guanidine groups is 1. The molecule has 0 amide bonds. The van der Waals surface area contributed by atoms with Gasteiger partial charge >= 0.3 is 5.97 Å². The topological polar surface area (TPSA) is 84.6 Å². The van der Waals surface area contributed by atoms with Gasteiger partial charge in [-0.1, -0.05) is 25.6 Å². The Kier molecular flexibility index (Phi) is 12.7. The van der Waals surface area contributed by atoms with Gasteiger partial charge in [0.2, 0.25) is 0 Å². The minimum atomic E-state index is -0.0646. The molecule has 172 valence electrons. The van der Waals surface area contributed by atoms with Crippen LogP contribution in [0.1, 0.15) is 45.9 Å². The molecule has 1 fully saturated rings. The summed E-state index contributed by atoms with van der Waals surface area (Å²) >= 11 is 1.64. The molecule has 0 aliphatic carbocycles. The lowest BCUT2D eigenvalue weighted by molar-refractivity contribution is -0.149. The maximum Gasteiger partial charge on any atom is 0.309 e. The Balaban J connectivity index is 0.00000450. The molecule has 1 N–H and O–H groups in total. The number of aryl methyl sites for hydroxylation is 1. The van der Waals surface area contributed by atoms with E-state index in [0.29, 0.717) is 12.5 Å². The SMILES string of the molecule is CCOC(=O)C1CCN(C(=NC)NCCCc2nnc(SC)n2CC(C)C)CC1.I. The number of likely N-dealkylation sites (tertiary alicyclic amines) is 1. The smallest absolute Gasteiger partial charge is 0.309 e. The van der Waals surface area contributed by atoms with E-state index in [0.717, 1.165) is 68.8 Å². The zero-order valence-electron chi connectivity index (χ0n) is 18.9. The number of hydrogen-bond donors (Lipinski definition) is 1. The van der Waals surface area contributed by atoms with Crippen molar-refractivity contribution in [1.29, 1.82) is 0 Å². The molecule has 0 saturated carbocycles. The number of halogens is 1. The fourth-order valence-corrected chi connectivity index (χ4v) is 4.09. The molecule has 0 atom stereocenters. The molecule has 1 aliphatic heterocycles.